The topological polar surface area (TPSA) is 18.5 Å². The molecule has 3 heteroatoms. The highest BCUT2D eigenvalue weighted by Gasteiger charge is 2.33. The van der Waals surface area contributed by atoms with E-state index in [4.69, 9.17) is 0 Å². The van der Waals surface area contributed by atoms with Gasteiger partial charge >= 0.3 is 0 Å². The van der Waals surface area contributed by atoms with Gasteiger partial charge in [-0.05, 0) is 40.3 Å². The second-order valence-electron chi connectivity index (χ2n) is 6.81. The molecule has 1 aliphatic heterocycles. The summed E-state index contributed by atoms with van der Waals surface area (Å²) in [7, 11) is 4.31. The van der Waals surface area contributed by atoms with E-state index < -0.39 is 0 Å². The van der Waals surface area contributed by atoms with Crippen LogP contribution in [0.25, 0.3) is 0 Å². The van der Waals surface area contributed by atoms with E-state index in [9.17, 15) is 0 Å². The van der Waals surface area contributed by atoms with E-state index in [0.29, 0.717) is 11.6 Å². The van der Waals surface area contributed by atoms with E-state index in [1.807, 2.05) is 0 Å². The van der Waals surface area contributed by atoms with Crippen molar-refractivity contribution in [2.24, 2.45) is 5.92 Å². The Kier molecular flexibility index (Phi) is 5.42. The Balaban J connectivity index is 2.51. The van der Waals surface area contributed by atoms with Crippen molar-refractivity contribution in [1.29, 1.82) is 0 Å². The molecule has 1 unspecified atom stereocenters. The minimum absolute atomic E-state index is 0.317. The van der Waals surface area contributed by atoms with E-state index in [-0.39, 0.29) is 0 Å². The highest BCUT2D eigenvalue weighted by Crippen LogP contribution is 2.22. The molecule has 0 aromatic carbocycles. The summed E-state index contributed by atoms with van der Waals surface area (Å²) in [5.41, 5.74) is 0.317. The lowest BCUT2D eigenvalue weighted by atomic mass is 10.00. The van der Waals surface area contributed by atoms with Gasteiger partial charge in [0.2, 0.25) is 0 Å². The highest BCUT2D eigenvalue weighted by atomic mass is 15.2. The van der Waals surface area contributed by atoms with Crippen LogP contribution in [0.5, 0.6) is 0 Å². The Morgan fingerprint density at radius 2 is 1.88 bits per heavy atom. The second kappa shape index (κ2) is 6.17. The first-order valence-electron chi connectivity index (χ1n) is 6.94. The maximum absolute atomic E-state index is 3.63. The zero-order valence-electron chi connectivity index (χ0n) is 12.6. The largest absolute Gasteiger partial charge is 0.310 e. The fourth-order valence-corrected chi connectivity index (χ4v) is 2.61. The van der Waals surface area contributed by atoms with Crippen LogP contribution in [0.15, 0.2) is 0 Å². The first kappa shape index (κ1) is 14.9. The number of rotatable bonds is 6. The van der Waals surface area contributed by atoms with Gasteiger partial charge in [-0.3, -0.25) is 4.90 Å². The van der Waals surface area contributed by atoms with Gasteiger partial charge in [0.1, 0.15) is 0 Å². The van der Waals surface area contributed by atoms with Crippen LogP contribution in [0.4, 0.5) is 0 Å². The molecule has 1 saturated heterocycles. The van der Waals surface area contributed by atoms with Crippen molar-refractivity contribution in [1.82, 2.24) is 15.1 Å². The van der Waals surface area contributed by atoms with Crippen LogP contribution in [0, 0.1) is 5.92 Å². The van der Waals surface area contributed by atoms with Gasteiger partial charge in [0.05, 0.1) is 0 Å². The summed E-state index contributed by atoms with van der Waals surface area (Å²) >= 11 is 0. The molecule has 1 rings (SSSR count). The summed E-state index contributed by atoms with van der Waals surface area (Å²) in [5.74, 6) is 0.751. The average Bonchev–Trinajstić information content (AvgIpc) is 2.52. The van der Waals surface area contributed by atoms with Gasteiger partial charge in [-0.2, -0.15) is 0 Å². The molecule has 0 spiro atoms. The van der Waals surface area contributed by atoms with Gasteiger partial charge in [-0.1, -0.05) is 13.8 Å². The summed E-state index contributed by atoms with van der Waals surface area (Å²) in [6.07, 6.45) is 1.27. The van der Waals surface area contributed by atoms with E-state index in [2.05, 4.69) is 56.9 Å². The van der Waals surface area contributed by atoms with E-state index in [1.54, 1.807) is 0 Å². The predicted molar refractivity (Wildman–Crippen MR) is 75.5 cm³/mol. The van der Waals surface area contributed by atoms with Gasteiger partial charge in [0.15, 0.2) is 0 Å². The van der Waals surface area contributed by atoms with Gasteiger partial charge in [-0.25, -0.2) is 0 Å². The van der Waals surface area contributed by atoms with Crippen LogP contribution in [0.2, 0.25) is 0 Å². The van der Waals surface area contributed by atoms with Crippen LogP contribution < -0.4 is 5.32 Å². The molecule has 0 radical (unpaired) electrons. The highest BCUT2D eigenvalue weighted by molar-refractivity contribution is 4.94. The first-order chi connectivity index (χ1) is 7.80. The van der Waals surface area contributed by atoms with Crippen molar-refractivity contribution in [3.63, 3.8) is 0 Å². The van der Waals surface area contributed by atoms with Crippen molar-refractivity contribution >= 4 is 0 Å². The fraction of sp³-hybridized carbons (Fsp3) is 1.00. The lowest BCUT2D eigenvalue weighted by Crippen LogP contribution is -2.42. The number of likely N-dealkylation sites (N-methyl/N-ethyl adjacent to an activating group) is 1. The first-order valence-corrected chi connectivity index (χ1v) is 6.94. The predicted octanol–water partition coefficient (Wildman–Crippen LogP) is 1.65. The molecule has 17 heavy (non-hydrogen) atoms. The molecule has 0 aliphatic carbocycles. The summed E-state index contributed by atoms with van der Waals surface area (Å²) in [6.45, 7) is 14.0. The van der Waals surface area contributed by atoms with Gasteiger partial charge in [-0.15, -0.1) is 0 Å². The van der Waals surface area contributed by atoms with Gasteiger partial charge < -0.3 is 10.2 Å². The minimum atomic E-state index is 0.317. The maximum Gasteiger partial charge on any atom is 0.0238 e. The molecule has 102 valence electrons. The van der Waals surface area contributed by atoms with Crippen LogP contribution in [-0.4, -0.2) is 61.7 Å². The van der Waals surface area contributed by atoms with Crippen molar-refractivity contribution in [3.05, 3.63) is 0 Å². The van der Waals surface area contributed by atoms with E-state index in [1.165, 1.54) is 19.5 Å². The average molecular weight is 241 g/mol. The van der Waals surface area contributed by atoms with Crippen LogP contribution in [0.3, 0.4) is 0 Å². The molecule has 0 aromatic rings. The molecular weight excluding hydrogens is 210 g/mol. The summed E-state index contributed by atoms with van der Waals surface area (Å²) in [4.78, 5) is 4.95. The number of hydrogen-bond donors (Lipinski definition) is 1. The van der Waals surface area contributed by atoms with E-state index in [0.717, 1.165) is 19.0 Å². The smallest absolute Gasteiger partial charge is 0.0238 e. The third-order valence-corrected chi connectivity index (χ3v) is 3.51. The Morgan fingerprint density at radius 1 is 1.24 bits per heavy atom. The van der Waals surface area contributed by atoms with Crippen LogP contribution >= 0.6 is 0 Å². The Labute approximate surface area is 108 Å². The molecule has 1 aliphatic rings. The van der Waals surface area contributed by atoms with Crippen LogP contribution in [-0.2, 0) is 0 Å². The molecule has 1 heterocycles. The SMILES string of the molecule is CC(C)CN(CCN(C)C)C1CNC(C)(C)C1. The molecule has 1 fully saturated rings. The maximum atomic E-state index is 3.63. The number of nitrogens with one attached hydrogen (secondary N) is 1. The molecule has 0 bridgehead atoms. The summed E-state index contributed by atoms with van der Waals surface area (Å²) < 4.78 is 0. The van der Waals surface area contributed by atoms with Crippen molar-refractivity contribution in [3.8, 4) is 0 Å². The standard InChI is InChI=1S/C14H31N3/c1-12(2)11-17(8-7-16(5)6)13-9-14(3,4)15-10-13/h12-13,15H,7-11H2,1-6H3. The molecule has 0 aromatic heterocycles. The Bertz CT molecular complexity index is 224. The monoisotopic (exact) mass is 241 g/mol. The quantitative estimate of drug-likeness (QED) is 0.763. The molecular formula is C14H31N3. The third-order valence-electron chi connectivity index (χ3n) is 3.51. The third kappa shape index (κ3) is 5.36. The number of hydrogen-bond acceptors (Lipinski definition) is 3. The second-order valence-corrected chi connectivity index (χ2v) is 6.81. The zero-order valence-corrected chi connectivity index (χ0v) is 12.6. The lowest BCUT2D eigenvalue weighted by Gasteiger charge is -2.31. The molecule has 1 N–H and O–H groups in total. The van der Waals surface area contributed by atoms with Crippen molar-refractivity contribution < 1.29 is 0 Å². The van der Waals surface area contributed by atoms with Crippen molar-refractivity contribution in [2.75, 3.05) is 40.3 Å². The molecule has 1 atom stereocenters. The van der Waals surface area contributed by atoms with Crippen LogP contribution in [0.1, 0.15) is 34.1 Å². The molecule has 0 amide bonds. The minimum Gasteiger partial charge on any atom is -0.310 e. The Hall–Kier alpha value is -0.120. The molecule has 0 saturated carbocycles. The molecule has 3 nitrogen and oxygen atoms in total. The fourth-order valence-electron chi connectivity index (χ4n) is 2.61. The normalized spacial score (nSPS) is 24.2. The van der Waals surface area contributed by atoms with Gasteiger partial charge in [0.25, 0.3) is 0 Å². The summed E-state index contributed by atoms with van der Waals surface area (Å²) in [5, 5.41) is 3.63. The summed E-state index contributed by atoms with van der Waals surface area (Å²) in [6, 6.07) is 0.715. The zero-order chi connectivity index (χ0) is 13.1. The lowest BCUT2D eigenvalue weighted by molar-refractivity contribution is 0.165. The Morgan fingerprint density at radius 3 is 2.29 bits per heavy atom. The number of nitrogens with zero attached hydrogens (tertiary/aromatic N) is 2. The van der Waals surface area contributed by atoms with Crippen molar-refractivity contribution in [2.45, 2.75) is 45.7 Å². The van der Waals surface area contributed by atoms with E-state index >= 15 is 0 Å². The van der Waals surface area contributed by atoms with Gasteiger partial charge in [0, 0.05) is 37.8 Å².